The Morgan fingerprint density at radius 3 is 2.87 bits per heavy atom. The van der Waals surface area contributed by atoms with Crippen molar-refractivity contribution >= 4 is 28.9 Å². The molecule has 0 spiro atoms. The summed E-state index contributed by atoms with van der Waals surface area (Å²) < 4.78 is 0.769. The number of isocyanates is 1. The standard InChI is InChI=1S/C9H5N3O3/c13-5-10-8-6-3-1-2-4-7(6)12(11-8)9(14)15/h1-4H,(H,14,15). The van der Waals surface area contributed by atoms with Crippen molar-refractivity contribution in [3.05, 3.63) is 24.3 Å². The number of para-hydroxylation sites is 1. The van der Waals surface area contributed by atoms with Gasteiger partial charge >= 0.3 is 6.09 Å². The molecule has 6 nitrogen and oxygen atoms in total. The maximum absolute atomic E-state index is 10.8. The van der Waals surface area contributed by atoms with Crippen LogP contribution in [0.3, 0.4) is 0 Å². The van der Waals surface area contributed by atoms with E-state index in [0.29, 0.717) is 10.9 Å². The number of carbonyl (C=O) groups excluding carboxylic acids is 1. The molecule has 0 saturated carbocycles. The number of aliphatic imine (C=N–C) groups is 1. The van der Waals surface area contributed by atoms with Gasteiger partial charge in [0.25, 0.3) is 0 Å². The SMILES string of the molecule is O=C=Nc1nn(C(=O)O)c2ccccc12. The summed E-state index contributed by atoms with van der Waals surface area (Å²) in [5.41, 5.74) is 0.388. The topological polar surface area (TPSA) is 84.5 Å². The molecule has 0 unspecified atom stereocenters. The molecule has 0 atom stereocenters. The zero-order valence-electron chi connectivity index (χ0n) is 7.41. The highest BCUT2D eigenvalue weighted by Gasteiger charge is 2.13. The van der Waals surface area contributed by atoms with Gasteiger partial charge in [0, 0.05) is 5.39 Å². The predicted molar refractivity (Wildman–Crippen MR) is 50.9 cm³/mol. The average Bonchev–Trinajstić information content (AvgIpc) is 2.59. The Morgan fingerprint density at radius 1 is 1.47 bits per heavy atom. The minimum Gasteiger partial charge on any atom is -0.463 e. The highest BCUT2D eigenvalue weighted by Crippen LogP contribution is 2.24. The minimum atomic E-state index is -1.22. The minimum absolute atomic E-state index is 0.0583. The molecular formula is C9H5N3O3. The molecule has 0 saturated heterocycles. The summed E-state index contributed by atoms with van der Waals surface area (Å²) >= 11 is 0. The van der Waals surface area contributed by atoms with Gasteiger partial charge in [-0.3, -0.25) is 0 Å². The van der Waals surface area contributed by atoms with Crippen LogP contribution in [0.1, 0.15) is 0 Å². The van der Waals surface area contributed by atoms with Gasteiger partial charge in [0.05, 0.1) is 5.52 Å². The van der Waals surface area contributed by atoms with Gasteiger partial charge in [-0.2, -0.15) is 4.68 Å². The van der Waals surface area contributed by atoms with E-state index in [-0.39, 0.29) is 5.82 Å². The molecule has 1 aromatic carbocycles. The summed E-state index contributed by atoms with van der Waals surface area (Å²) in [7, 11) is 0. The van der Waals surface area contributed by atoms with Gasteiger partial charge < -0.3 is 5.11 Å². The van der Waals surface area contributed by atoms with Crippen LogP contribution in [0.2, 0.25) is 0 Å². The Hall–Kier alpha value is -2.46. The van der Waals surface area contributed by atoms with Crippen molar-refractivity contribution in [3.8, 4) is 0 Å². The van der Waals surface area contributed by atoms with Gasteiger partial charge in [-0.1, -0.05) is 12.1 Å². The first-order chi connectivity index (χ1) is 7.24. The molecule has 2 rings (SSSR count). The van der Waals surface area contributed by atoms with E-state index in [1.807, 2.05) is 0 Å². The summed E-state index contributed by atoms with van der Waals surface area (Å²) in [6.45, 7) is 0. The lowest BCUT2D eigenvalue weighted by molar-refractivity contribution is 0.194. The smallest absolute Gasteiger partial charge is 0.432 e. The first-order valence-corrected chi connectivity index (χ1v) is 4.03. The van der Waals surface area contributed by atoms with Crippen LogP contribution in [0.4, 0.5) is 10.6 Å². The normalized spacial score (nSPS) is 9.87. The molecule has 6 heteroatoms. The van der Waals surface area contributed by atoms with Crippen LogP contribution in [0.5, 0.6) is 0 Å². The summed E-state index contributed by atoms with van der Waals surface area (Å²) in [4.78, 5) is 24.2. The third-order valence-electron chi connectivity index (χ3n) is 1.90. The first-order valence-electron chi connectivity index (χ1n) is 4.03. The number of hydrogen-bond acceptors (Lipinski definition) is 4. The zero-order chi connectivity index (χ0) is 10.8. The van der Waals surface area contributed by atoms with Crippen LogP contribution in [0.15, 0.2) is 29.3 Å². The number of carbonyl (C=O) groups is 1. The predicted octanol–water partition coefficient (Wildman–Crippen LogP) is 1.53. The van der Waals surface area contributed by atoms with Crippen LogP contribution >= 0.6 is 0 Å². The van der Waals surface area contributed by atoms with Gasteiger partial charge in [-0.15, -0.1) is 10.1 Å². The molecule has 2 aromatic rings. The van der Waals surface area contributed by atoms with Gasteiger partial charge in [0.2, 0.25) is 6.08 Å². The third kappa shape index (κ3) is 1.38. The second-order valence-electron chi connectivity index (χ2n) is 2.74. The Bertz CT molecular complexity index is 545. The molecule has 1 aromatic heterocycles. The maximum atomic E-state index is 10.8. The fourth-order valence-electron chi connectivity index (χ4n) is 1.32. The molecule has 15 heavy (non-hydrogen) atoms. The number of rotatable bonds is 1. The van der Waals surface area contributed by atoms with Crippen LogP contribution in [0, 0.1) is 0 Å². The van der Waals surface area contributed by atoms with E-state index in [9.17, 15) is 9.59 Å². The Kier molecular flexibility index (Phi) is 2.04. The van der Waals surface area contributed by atoms with Crippen molar-refractivity contribution < 1.29 is 14.7 Å². The molecular weight excluding hydrogens is 198 g/mol. The average molecular weight is 203 g/mol. The lowest BCUT2D eigenvalue weighted by atomic mass is 10.2. The highest BCUT2D eigenvalue weighted by atomic mass is 16.4. The molecule has 0 aliphatic carbocycles. The van der Waals surface area contributed by atoms with Crippen molar-refractivity contribution in [1.29, 1.82) is 0 Å². The highest BCUT2D eigenvalue weighted by molar-refractivity contribution is 5.94. The van der Waals surface area contributed by atoms with Crippen LogP contribution < -0.4 is 0 Å². The molecule has 0 radical (unpaired) electrons. The van der Waals surface area contributed by atoms with Gasteiger partial charge in [-0.25, -0.2) is 9.59 Å². The van der Waals surface area contributed by atoms with Crippen LogP contribution in [0.25, 0.3) is 10.9 Å². The van der Waals surface area contributed by atoms with E-state index >= 15 is 0 Å². The number of carboxylic acid groups (broad SMARTS) is 1. The maximum Gasteiger partial charge on any atom is 0.432 e. The summed E-state index contributed by atoms with van der Waals surface area (Å²) in [6.07, 6.45) is 0.111. The van der Waals surface area contributed by atoms with Crippen LogP contribution in [-0.2, 0) is 4.79 Å². The zero-order valence-corrected chi connectivity index (χ0v) is 7.41. The monoisotopic (exact) mass is 203 g/mol. The summed E-state index contributed by atoms with van der Waals surface area (Å²) in [6, 6.07) is 6.61. The quantitative estimate of drug-likeness (QED) is 0.562. The Labute approximate surface area is 83.5 Å². The number of hydrogen-bond donors (Lipinski definition) is 1. The molecule has 0 bridgehead atoms. The van der Waals surface area contributed by atoms with E-state index in [0.717, 1.165) is 4.68 Å². The van der Waals surface area contributed by atoms with Crippen molar-refractivity contribution in [1.82, 2.24) is 9.78 Å². The van der Waals surface area contributed by atoms with Gasteiger partial charge in [0.15, 0.2) is 5.82 Å². The third-order valence-corrected chi connectivity index (χ3v) is 1.90. The first kappa shape index (κ1) is 9.11. The fourth-order valence-corrected chi connectivity index (χ4v) is 1.32. The summed E-state index contributed by atoms with van der Waals surface area (Å²) in [5.74, 6) is 0.0583. The Morgan fingerprint density at radius 2 is 2.20 bits per heavy atom. The number of fused-ring (bicyclic) bond motifs is 1. The van der Waals surface area contributed by atoms with E-state index < -0.39 is 6.09 Å². The van der Waals surface area contributed by atoms with Gasteiger partial charge in [-0.05, 0) is 12.1 Å². The van der Waals surface area contributed by atoms with E-state index in [2.05, 4.69) is 10.1 Å². The number of benzene rings is 1. The molecule has 0 aliphatic heterocycles. The van der Waals surface area contributed by atoms with E-state index in [4.69, 9.17) is 5.11 Å². The molecule has 74 valence electrons. The molecule has 1 N–H and O–H groups in total. The lowest BCUT2D eigenvalue weighted by Gasteiger charge is -1.92. The molecule has 0 aliphatic rings. The summed E-state index contributed by atoms with van der Waals surface area (Å²) in [5, 5.41) is 13.0. The Balaban J connectivity index is 2.84. The number of nitrogens with zero attached hydrogens (tertiary/aromatic N) is 3. The fraction of sp³-hybridized carbons (Fsp3) is 0. The molecule has 0 amide bonds. The largest absolute Gasteiger partial charge is 0.463 e. The lowest BCUT2D eigenvalue weighted by Crippen LogP contribution is -2.08. The van der Waals surface area contributed by atoms with Crippen molar-refractivity contribution in [3.63, 3.8) is 0 Å². The molecule has 1 heterocycles. The van der Waals surface area contributed by atoms with Gasteiger partial charge in [0.1, 0.15) is 0 Å². The molecule has 0 fully saturated rings. The van der Waals surface area contributed by atoms with Crippen LogP contribution in [-0.4, -0.2) is 27.1 Å². The van der Waals surface area contributed by atoms with Crippen molar-refractivity contribution in [2.75, 3.05) is 0 Å². The second-order valence-corrected chi connectivity index (χ2v) is 2.74. The number of aromatic nitrogens is 2. The van der Waals surface area contributed by atoms with E-state index in [1.54, 1.807) is 24.3 Å². The van der Waals surface area contributed by atoms with E-state index in [1.165, 1.54) is 6.08 Å². The van der Waals surface area contributed by atoms with Crippen molar-refractivity contribution in [2.24, 2.45) is 4.99 Å². The second kappa shape index (κ2) is 3.36. The van der Waals surface area contributed by atoms with Crippen molar-refractivity contribution in [2.45, 2.75) is 0 Å².